The molecule has 6 heteroatoms. The average molecular weight is 237 g/mol. The van der Waals surface area contributed by atoms with Crippen LogP contribution in [0, 0.1) is 12.3 Å². The molecule has 1 rings (SSSR count). The molecule has 0 heterocycles. The molecular weight excluding hydrogens is 229 g/mol. The summed E-state index contributed by atoms with van der Waals surface area (Å²) in [6.45, 7) is 1.25. The standard InChI is InChI=1S/C9H8ClF3N2/c1-4-6(9(11,12)13)2-7(15)5(3-14)8(4)10/h2-3,14H,15H2,1H3. The highest BCUT2D eigenvalue weighted by Crippen LogP contribution is 2.37. The quantitative estimate of drug-likeness (QED) is 0.571. The van der Waals surface area contributed by atoms with Crippen molar-refractivity contribution in [3.8, 4) is 0 Å². The first kappa shape index (κ1) is 11.8. The second-order valence-electron chi connectivity index (χ2n) is 3.01. The lowest BCUT2D eigenvalue weighted by molar-refractivity contribution is -0.138. The molecule has 3 N–H and O–H groups in total. The Bertz CT molecular complexity index is 413. The Kier molecular flexibility index (Phi) is 2.95. The van der Waals surface area contributed by atoms with Gasteiger partial charge in [0, 0.05) is 17.5 Å². The molecule has 0 aliphatic heterocycles. The predicted octanol–water partition coefficient (Wildman–Crippen LogP) is 3.25. The number of nitrogens with one attached hydrogen (secondary N) is 1. The fourth-order valence-electron chi connectivity index (χ4n) is 1.23. The Morgan fingerprint density at radius 3 is 2.40 bits per heavy atom. The lowest BCUT2D eigenvalue weighted by atomic mass is 10.0. The van der Waals surface area contributed by atoms with Crippen molar-refractivity contribution < 1.29 is 13.2 Å². The van der Waals surface area contributed by atoms with Gasteiger partial charge in [0.05, 0.1) is 10.6 Å². The Hall–Kier alpha value is -1.23. The van der Waals surface area contributed by atoms with Crippen LogP contribution in [0.2, 0.25) is 5.02 Å². The third-order valence-electron chi connectivity index (χ3n) is 2.03. The minimum Gasteiger partial charge on any atom is -0.398 e. The Morgan fingerprint density at radius 2 is 2.00 bits per heavy atom. The monoisotopic (exact) mass is 236 g/mol. The fourth-order valence-corrected chi connectivity index (χ4v) is 1.50. The first-order valence-electron chi connectivity index (χ1n) is 3.95. The van der Waals surface area contributed by atoms with Gasteiger partial charge in [0.1, 0.15) is 0 Å². The van der Waals surface area contributed by atoms with E-state index in [2.05, 4.69) is 0 Å². The van der Waals surface area contributed by atoms with Crippen LogP contribution in [-0.2, 0) is 6.18 Å². The van der Waals surface area contributed by atoms with Gasteiger partial charge in [-0.3, -0.25) is 0 Å². The first-order valence-corrected chi connectivity index (χ1v) is 4.33. The summed E-state index contributed by atoms with van der Waals surface area (Å²) in [4.78, 5) is 0. The van der Waals surface area contributed by atoms with Gasteiger partial charge in [-0.2, -0.15) is 13.2 Å². The number of nitrogens with two attached hydrogens (primary N) is 1. The Balaban J connectivity index is 3.55. The predicted molar refractivity (Wildman–Crippen MR) is 53.5 cm³/mol. The lowest BCUT2D eigenvalue weighted by Crippen LogP contribution is -2.10. The molecule has 15 heavy (non-hydrogen) atoms. The molecule has 0 aromatic heterocycles. The summed E-state index contributed by atoms with van der Waals surface area (Å²) < 4.78 is 37.4. The van der Waals surface area contributed by atoms with Crippen molar-refractivity contribution in [2.75, 3.05) is 5.73 Å². The Labute approximate surface area is 89.4 Å². The highest BCUT2D eigenvalue weighted by molar-refractivity contribution is 6.34. The van der Waals surface area contributed by atoms with Gasteiger partial charge >= 0.3 is 6.18 Å². The number of nitrogen functional groups attached to an aromatic ring is 1. The van der Waals surface area contributed by atoms with E-state index in [1.165, 1.54) is 6.92 Å². The summed E-state index contributed by atoms with van der Waals surface area (Å²) in [6, 6.07) is 0.793. The van der Waals surface area contributed by atoms with Crippen LogP contribution in [0.5, 0.6) is 0 Å². The zero-order chi connectivity index (χ0) is 11.8. The second kappa shape index (κ2) is 3.73. The lowest BCUT2D eigenvalue weighted by Gasteiger charge is -2.14. The van der Waals surface area contributed by atoms with Crippen LogP contribution < -0.4 is 5.73 Å². The zero-order valence-corrected chi connectivity index (χ0v) is 8.50. The van der Waals surface area contributed by atoms with Gasteiger partial charge in [0.2, 0.25) is 0 Å². The van der Waals surface area contributed by atoms with E-state index in [0.29, 0.717) is 0 Å². The normalized spacial score (nSPS) is 11.5. The van der Waals surface area contributed by atoms with E-state index in [1.54, 1.807) is 0 Å². The molecule has 0 amide bonds. The largest absolute Gasteiger partial charge is 0.416 e. The summed E-state index contributed by atoms with van der Waals surface area (Å²) in [5.74, 6) is 0. The maximum absolute atomic E-state index is 12.5. The third-order valence-corrected chi connectivity index (χ3v) is 2.52. The van der Waals surface area contributed by atoms with Gasteiger partial charge in [-0.15, -0.1) is 0 Å². The fraction of sp³-hybridized carbons (Fsp3) is 0.222. The van der Waals surface area contributed by atoms with Crippen molar-refractivity contribution in [1.82, 2.24) is 0 Å². The molecule has 2 nitrogen and oxygen atoms in total. The summed E-state index contributed by atoms with van der Waals surface area (Å²) in [7, 11) is 0. The van der Waals surface area contributed by atoms with Crippen molar-refractivity contribution in [3.05, 3.63) is 27.8 Å². The van der Waals surface area contributed by atoms with E-state index >= 15 is 0 Å². The van der Waals surface area contributed by atoms with Gasteiger partial charge in [0.15, 0.2) is 0 Å². The van der Waals surface area contributed by atoms with E-state index < -0.39 is 11.7 Å². The summed E-state index contributed by atoms with van der Waals surface area (Å²) >= 11 is 5.68. The molecule has 0 saturated carbocycles. The highest BCUT2D eigenvalue weighted by atomic mass is 35.5. The van der Waals surface area contributed by atoms with Gasteiger partial charge in [-0.05, 0) is 18.6 Å². The molecule has 1 aromatic carbocycles. The van der Waals surface area contributed by atoms with Crippen LogP contribution >= 0.6 is 11.6 Å². The van der Waals surface area contributed by atoms with E-state index in [0.717, 1.165) is 12.3 Å². The van der Waals surface area contributed by atoms with Crippen LogP contribution in [-0.4, -0.2) is 6.21 Å². The molecule has 0 aliphatic carbocycles. The van der Waals surface area contributed by atoms with Crippen LogP contribution in [0.3, 0.4) is 0 Å². The number of anilines is 1. The highest BCUT2D eigenvalue weighted by Gasteiger charge is 2.34. The molecule has 0 bridgehead atoms. The third kappa shape index (κ3) is 2.07. The summed E-state index contributed by atoms with van der Waals surface area (Å²) in [5, 5.41) is 6.85. The molecule has 1 aromatic rings. The number of benzene rings is 1. The maximum Gasteiger partial charge on any atom is 0.416 e. The molecule has 0 radical (unpaired) electrons. The smallest absolute Gasteiger partial charge is 0.398 e. The van der Waals surface area contributed by atoms with E-state index in [-0.39, 0.29) is 21.8 Å². The minimum atomic E-state index is -4.48. The van der Waals surface area contributed by atoms with Gasteiger partial charge in [-0.1, -0.05) is 11.6 Å². The molecule has 0 spiro atoms. The van der Waals surface area contributed by atoms with E-state index in [9.17, 15) is 13.2 Å². The molecule has 0 fully saturated rings. The van der Waals surface area contributed by atoms with Crippen molar-refractivity contribution in [2.24, 2.45) is 0 Å². The number of alkyl halides is 3. The van der Waals surface area contributed by atoms with Crippen molar-refractivity contribution in [1.29, 1.82) is 5.41 Å². The van der Waals surface area contributed by atoms with Gasteiger partial charge in [-0.25, -0.2) is 0 Å². The van der Waals surface area contributed by atoms with Crippen LogP contribution in [0.1, 0.15) is 16.7 Å². The minimum absolute atomic E-state index is 0.113. The molecule has 0 atom stereocenters. The molecular formula is C9H8ClF3N2. The van der Waals surface area contributed by atoms with Crippen LogP contribution in [0.4, 0.5) is 18.9 Å². The second-order valence-corrected chi connectivity index (χ2v) is 3.39. The van der Waals surface area contributed by atoms with Crippen molar-refractivity contribution in [3.63, 3.8) is 0 Å². The molecule has 0 unspecified atom stereocenters. The molecule has 0 aliphatic rings. The number of halogens is 4. The molecule has 82 valence electrons. The summed E-state index contributed by atoms with van der Waals surface area (Å²) in [5.41, 5.74) is 4.35. The van der Waals surface area contributed by atoms with Gasteiger partial charge < -0.3 is 11.1 Å². The Morgan fingerprint density at radius 1 is 1.47 bits per heavy atom. The number of rotatable bonds is 1. The van der Waals surface area contributed by atoms with Crippen LogP contribution in [0.15, 0.2) is 6.07 Å². The van der Waals surface area contributed by atoms with Crippen molar-refractivity contribution in [2.45, 2.75) is 13.1 Å². The maximum atomic E-state index is 12.5. The topological polar surface area (TPSA) is 49.9 Å². The number of hydrogen-bond acceptors (Lipinski definition) is 2. The zero-order valence-electron chi connectivity index (χ0n) is 7.74. The van der Waals surface area contributed by atoms with E-state index in [4.69, 9.17) is 22.7 Å². The SMILES string of the molecule is Cc1c(C(F)(F)F)cc(N)c(C=N)c1Cl. The number of hydrogen-bond donors (Lipinski definition) is 2. The van der Waals surface area contributed by atoms with E-state index in [1.807, 2.05) is 0 Å². The first-order chi connectivity index (χ1) is 6.79. The van der Waals surface area contributed by atoms with Gasteiger partial charge in [0.25, 0.3) is 0 Å². The summed E-state index contributed by atoms with van der Waals surface area (Å²) in [6.07, 6.45) is -3.65. The molecule has 0 saturated heterocycles. The average Bonchev–Trinajstić information content (AvgIpc) is 2.10. The van der Waals surface area contributed by atoms with Crippen molar-refractivity contribution >= 4 is 23.5 Å². The van der Waals surface area contributed by atoms with Crippen LogP contribution in [0.25, 0.3) is 0 Å².